The average molecular weight is 454 g/mol. The molecule has 0 bridgehead atoms. The summed E-state index contributed by atoms with van der Waals surface area (Å²) in [6.45, 7) is 0. The van der Waals surface area contributed by atoms with Crippen molar-refractivity contribution >= 4 is 53.0 Å². The van der Waals surface area contributed by atoms with Crippen LogP contribution >= 0.6 is 0 Å². The van der Waals surface area contributed by atoms with Gasteiger partial charge in [-0.05, 0) is 35.7 Å². The van der Waals surface area contributed by atoms with Gasteiger partial charge in [-0.25, -0.2) is 21.8 Å². The van der Waals surface area contributed by atoms with E-state index in [1.807, 2.05) is 6.07 Å². The van der Waals surface area contributed by atoms with Gasteiger partial charge in [0.1, 0.15) is 25.8 Å². The number of aromatic nitrogens is 2. The number of hydrogen-bond acceptors (Lipinski definition) is 9. The maximum atomic E-state index is 11.9. The molecule has 11 heteroatoms. The highest BCUT2D eigenvalue weighted by Crippen LogP contribution is 2.36. The number of nitrogens with zero attached hydrogens (tertiary/aromatic N) is 2. The van der Waals surface area contributed by atoms with E-state index in [1.165, 1.54) is 6.07 Å². The molecule has 0 saturated heterocycles. The number of benzene rings is 3. The van der Waals surface area contributed by atoms with Gasteiger partial charge in [-0.3, -0.25) is 4.98 Å². The van der Waals surface area contributed by atoms with Gasteiger partial charge in [0.15, 0.2) is 5.58 Å². The first-order chi connectivity index (χ1) is 14.6. The van der Waals surface area contributed by atoms with Gasteiger partial charge in [0.2, 0.25) is 5.89 Å². The highest BCUT2D eigenvalue weighted by Gasteiger charge is 2.20. The van der Waals surface area contributed by atoms with E-state index in [0.29, 0.717) is 21.9 Å². The molecule has 0 aliphatic heterocycles. The number of hydrogen-bond donors (Lipinski definition) is 0. The normalized spacial score (nSPS) is 12.7. The number of para-hydroxylation sites is 1. The average Bonchev–Trinajstić information content (AvgIpc) is 3.16. The molecule has 0 amide bonds. The lowest BCUT2D eigenvalue weighted by molar-refractivity contribution is 0.460. The van der Waals surface area contributed by atoms with Gasteiger partial charge in [-0.15, -0.1) is 0 Å². The quantitative estimate of drug-likeness (QED) is 0.374. The van der Waals surface area contributed by atoms with Crippen molar-refractivity contribution in [1.29, 1.82) is 0 Å². The Balaban J connectivity index is 1.89. The summed E-state index contributed by atoms with van der Waals surface area (Å²) in [7, 11) is -9.79. The van der Waals surface area contributed by atoms with Gasteiger partial charge < -0.3 is 13.5 Å². The Labute approximate surface area is 175 Å². The molecule has 0 aliphatic carbocycles. The maximum absolute atomic E-state index is 11.9. The lowest BCUT2D eigenvalue weighted by atomic mass is 10.1. The molecule has 0 fully saturated rings. The van der Waals surface area contributed by atoms with Crippen LogP contribution in [0.4, 0.5) is 0 Å². The van der Waals surface area contributed by atoms with Crippen LogP contribution in [-0.2, 0) is 20.2 Å². The zero-order valence-corrected chi connectivity index (χ0v) is 17.0. The van der Waals surface area contributed by atoms with Crippen molar-refractivity contribution in [2.75, 3.05) is 0 Å². The zero-order chi connectivity index (χ0) is 22.0. The molecule has 0 aliphatic rings. The Hall–Kier alpha value is -3.38. The van der Waals surface area contributed by atoms with Crippen LogP contribution in [0.3, 0.4) is 0 Å². The molecule has 31 heavy (non-hydrogen) atoms. The van der Waals surface area contributed by atoms with Gasteiger partial charge in [0.05, 0.1) is 15.3 Å². The molecule has 156 valence electrons. The van der Waals surface area contributed by atoms with Crippen LogP contribution in [-0.4, -0.2) is 35.9 Å². The summed E-state index contributed by atoms with van der Waals surface area (Å²) in [6, 6.07) is 13.2. The number of oxazole rings is 1. The molecule has 0 N–H and O–H groups in total. The van der Waals surface area contributed by atoms with Gasteiger partial charge in [-0.1, -0.05) is 24.3 Å². The Morgan fingerprint density at radius 2 is 1.61 bits per heavy atom. The minimum absolute atomic E-state index is 0.0534. The largest absolute Gasteiger partial charge is 0.744 e. The van der Waals surface area contributed by atoms with Crippen LogP contribution in [0.5, 0.6) is 0 Å². The molecule has 5 rings (SSSR count). The Bertz CT molecular complexity index is 1740. The molecule has 0 unspecified atom stereocenters. The fraction of sp³-hybridized carbons (Fsp3) is 0. The van der Waals surface area contributed by atoms with E-state index in [9.17, 15) is 25.9 Å². The number of fused-ring (bicyclic) bond motifs is 4. The monoisotopic (exact) mass is 454 g/mol. The third-order valence-electron chi connectivity index (χ3n) is 4.85. The van der Waals surface area contributed by atoms with Crippen LogP contribution in [0, 0.1) is 0 Å². The smallest absolute Gasteiger partial charge is 0.228 e. The minimum atomic E-state index is -5.00. The molecule has 0 saturated carbocycles. The van der Waals surface area contributed by atoms with Gasteiger partial charge in [-0.2, -0.15) is 0 Å². The Morgan fingerprint density at radius 1 is 0.839 bits per heavy atom. The van der Waals surface area contributed by atoms with Crippen molar-refractivity contribution in [3.05, 3.63) is 60.8 Å². The van der Waals surface area contributed by atoms with E-state index >= 15 is 0 Å². The van der Waals surface area contributed by atoms with Gasteiger partial charge >= 0.3 is 0 Å². The highest BCUT2D eigenvalue weighted by atomic mass is 32.2. The predicted octanol–water partition coefficient (Wildman–Crippen LogP) is 3.00. The first-order valence-electron chi connectivity index (χ1n) is 8.76. The molecule has 0 spiro atoms. The van der Waals surface area contributed by atoms with Gasteiger partial charge in [0.25, 0.3) is 0 Å². The molecule has 0 radical (unpaired) electrons. The van der Waals surface area contributed by atoms with Crippen LogP contribution in [0.1, 0.15) is 0 Å². The minimum Gasteiger partial charge on any atom is -0.744 e. The van der Waals surface area contributed by atoms with Crippen molar-refractivity contribution in [1.82, 2.24) is 9.97 Å². The summed E-state index contributed by atoms with van der Waals surface area (Å²) in [5.74, 6) is 0.0616. The molecular formula is C20H10N2O7S2-2. The Kier molecular flexibility index (Phi) is 4.14. The van der Waals surface area contributed by atoms with E-state index in [1.54, 1.807) is 30.5 Å². The first kappa shape index (κ1) is 19.6. The second-order valence-electron chi connectivity index (χ2n) is 6.74. The van der Waals surface area contributed by atoms with E-state index in [0.717, 1.165) is 18.2 Å². The van der Waals surface area contributed by atoms with E-state index in [4.69, 9.17) is 4.42 Å². The van der Waals surface area contributed by atoms with Crippen LogP contribution in [0.2, 0.25) is 0 Å². The molecule has 2 aromatic heterocycles. The lowest BCUT2D eigenvalue weighted by Crippen LogP contribution is -2.01. The summed E-state index contributed by atoms with van der Waals surface area (Å²) in [5.41, 5.74) is 0.992. The topological polar surface area (TPSA) is 153 Å². The number of rotatable bonds is 3. The first-order valence-corrected chi connectivity index (χ1v) is 11.6. The van der Waals surface area contributed by atoms with Crippen molar-refractivity contribution in [2.24, 2.45) is 0 Å². The standard InChI is InChI=1S/C20H12N2O7S2/c23-30(24,25)12-5-6-13-11(9-12)10-17(31(26,27)28)19-18(13)22-20(29-19)15-7-8-21-16-4-2-1-3-14(15)16/h1-10H,(H,23,24,25)(H,26,27,28)/p-2. The molecule has 0 atom stereocenters. The number of pyridine rings is 1. The van der Waals surface area contributed by atoms with Crippen molar-refractivity contribution in [2.45, 2.75) is 9.79 Å². The second kappa shape index (κ2) is 6.56. The molecule has 3 aromatic carbocycles. The summed E-state index contributed by atoms with van der Waals surface area (Å²) < 4.78 is 75.5. The van der Waals surface area contributed by atoms with E-state index in [-0.39, 0.29) is 22.4 Å². The van der Waals surface area contributed by atoms with Crippen LogP contribution < -0.4 is 0 Å². The summed E-state index contributed by atoms with van der Waals surface area (Å²) >= 11 is 0. The van der Waals surface area contributed by atoms with Crippen LogP contribution in [0.15, 0.2) is 75.0 Å². The third-order valence-corrected chi connectivity index (χ3v) is 6.53. The molecule has 9 nitrogen and oxygen atoms in total. The van der Waals surface area contributed by atoms with E-state index < -0.39 is 30.0 Å². The van der Waals surface area contributed by atoms with Crippen molar-refractivity contribution in [3.8, 4) is 11.5 Å². The molecule has 2 heterocycles. The maximum Gasteiger partial charge on any atom is 0.228 e. The lowest BCUT2D eigenvalue weighted by Gasteiger charge is -2.11. The third kappa shape index (κ3) is 3.24. The Morgan fingerprint density at radius 3 is 2.35 bits per heavy atom. The SMILES string of the molecule is O=S(=O)([O-])c1ccc2c(c1)cc(S(=O)(=O)[O-])c1oc(-c3ccnc4ccccc34)nc12. The predicted molar refractivity (Wildman–Crippen MR) is 108 cm³/mol. The fourth-order valence-electron chi connectivity index (χ4n) is 3.49. The van der Waals surface area contributed by atoms with Gasteiger partial charge in [0, 0.05) is 22.5 Å². The summed E-state index contributed by atoms with van der Waals surface area (Å²) in [5, 5.41) is 1.08. The van der Waals surface area contributed by atoms with Crippen molar-refractivity contribution < 1.29 is 30.4 Å². The van der Waals surface area contributed by atoms with Crippen molar-refractivity contribution in [3.63, 3.8) is 0 Å². The van der Waals surface area contributed by atoms with E-state index in [2.05, 4.69) is 9.97 Å². The zero-order valence-electron chi connectivity index (χ0n) is 15.3. The van der Waals surface area contributed by atoms with Crippen LogP contribution in [0.25, 0.3) is 44.2 Å². The second-order valence-corrected chi connectivity index (χ2v) is 9.47. The summed E-state index contributed by atoms with van der Waals surface area (Å²) in [4.78, 5) is 7.40. The molecular weight excluding hydrogens is 444 g/mol. The summed E-state index contributed by atoms with van der Waals surface area (Å²) in [6.07, 6.45) is 1.54. The highest BCUT2D eigenvalue weighted by molar-refractivity contribution is 7.86. The fourth-order valence-corrected chi connectivity index (χ4v) is 4.63. The molecule has 5 aromatic rings.